The first-order chi connectivity index (χ1) is 8.20. The van der Waals surface area contributed by atoms with E-state index < -0.39 is 0 Å². The molecule has 1 aromatic carbocycles. The Bertz CT molecular complexity index is 381. The summed E-state index contributed by atoms with van der Waals surface area (Å²) in [5.74, 6) is 0.0857. The molecular formula is C13H18N2O2. The van der Waals surface area contributed by atoms with Gasteiger partial charge in [-0.05, 0) is 24.7 Å². The van der Waals surface area contributed by atoms with Crippen LogP contribution in [0.5, 0.6) is 0 Å². The van der Waals surface area contributed by atoms with Gasteiger partial charge >= 0.3 is 0 Å². The molecular weight excluding hydrogens is 216 g/mol. The van der Waals surface area contributed by atoms with Crippen LogP contribution in [0.3, 0.4) is 0 Å². The third-order valence-electron chi connectivity index (χ3n) is 3.17. The van der Waals surface area contributed by atoms with Crippen molar-refractivity contribution in [1.29, 1.82) is 0 Å². The van der Waals surface area contributed by atoms with E-state index in [0.29, 0.717) is 5.56 Å². The Morgan fingerprint density at radius 3 is 2.29 bits per heavy atom. The molecule has 4 heteroatoms. The maximum atomic E-state index is 12.2. The van der Waals surface area contributed by atoms with Gasteiger partial charge in [0.1, 0.15) is 0 Å². The maximum Gasteiger partial charge on any atom is 0.253 e. The van der Waals surface area contributed by atoms with E-state index in [0.717, 1.165) is 31.7 Å². The predicted octanol–water partition coefficient (Wildman–Crippen LogP) is 0.567. The lowest BCUT2D eigenvalue weighted by Gasteiger charge is -2.32. The molecule has 0 saturated carbocycles. The summed E-state index contributed by atoms with van der Waals surface area (Å²) in [5, 5.41) is 8.94. The number of hydrogen-bond donors (Lipinski definition) is 1. The first kappa shape index (κ1) is 12.1. The van der Waals surface area contributed by atoms with E-state index in [1.807, 2.05) is 4.90 Å². The van der Waals surface area contributed by atoms with Crippen molar-refractivity contribution < 1.29 is 9.90 Å². The minimum absolute atomic E-state index is 0.0168. The summed E-state index contributed by atoms with van der Waals surface area (Å²) in [4.78, 5) is 16.3. The Morgan fingerprint density at radius 1 is 1.18 bits per heavy atom. The van der Waals surface area contributed by atoms with Crippen LogP contribution in [0.15, 0.2) is 24.3 Å². The van der Waals surface area contributed by atoms with Crippen LogP contribution in [-0.2, 0) is 6.61 Å². The van der Waals surface area contributed by atoms with Crippen molar-refractivity contribution in [2.24, 2.45) is 0 Å². The molecule has 1 N–H and O–H groups in total. The van der Waals surface area contributed by atoms with Gasteiger partial charge in [-0.2, -0.15) is 0 Å². The van der Waals surface area contributed by atoms with Crippen molar-refractivity contribution in [3.8, 4) is 0 Å². The molecule has 0 aromatic heterocycles. The Morgan fingerprint density at radius 2 is 1.76 bits per heavy atom. The number of carbonyl (C=O) groups excluding carboxylic acids is 1. The second-order valence-electron chi connectivity index (χ2n) is 4.45. The number of aliphatic hydroxyl groups excluding tert-OH is 1. The molecule has 17 heavy (non-hydrogen) atoms. The number of likely N-dealkylation sites (N-methyl/N-ethyl adjacent to an activating group) is 1. The number of hydrogen-bond acceptors (Lipinski definition) is 3. The van der Waals surface area contributed by atoms with Gasteiger partial charge in [-0.1, -0.05) is 12.1 Å². The van der Waals surface area contributed by atoms with Crippen molar-refractivity contribution in [1.82, 2.24) is 9.80 Å². The standard InChI is InChI=1S/C13H18N2O2/c1-14-6-8-15(9-7-14)13(17)12-4-2-11(10-16)3-5-12/h2-5,16H,6-10H2,1H3. The summed E-state index contributed by atoms with van der Waals surface area (Å²) in [6.45, 7) is 3.46. The number of benzene rings is 1. The van der Waals surface area contributed by atoms with Gasteiger partial charge in [-0.3, -0.25) is 4.79 Å². The van der Waals surface area contributed by atoms with Crippen molar-refractivity contribution in [3.05, 3.63) is 35.4 Å². The number of nitrogens with zero attached hydrogens (tertiary/aromatic N) is 2. The Kier molecular flexibility index (Phi) is 3.76. The van der Waals surface area contributed by atoms with Crippen LogP contribution in [0, 0.1) is 0 Å². The summed E-state index contributed by atoms with van der Waals surface area (Å²) in [6.07, 6.45) is 0. The molecule has 0 aliphatic carbocycles. The van der Waals surface area contributed by atoms with Crippen LogP contribution >= 0.6 is 0 Å². The molecule has 0 radical (unpaired) electrons. The van der Waals surface area contributed by atoms with Crippen LogP contribution in [-0.4, -0.2) is 54.0 Å². The summed E-state index contributed by atoms with van der Waals surface area (Å²) >= 11 is 0. The first-order valence-electron chi connectivity index (χ1n) is 5.88. The van der Waals surface area contributed by atoms with E-state index in [-0.39, 0.29) is 12.5 Å². The van der Waals surface area contributed by atoms with Crippen molar-refractivity contribution >= 4 is 5.91 Å². The second kappa shape index (κ2) is 5.29. The number of amides is 1. The molecule has 92 valence electrons. The van der Waals surface area contributed by atoms with Gasteiger partial charge in [0.05, 0.1) is 6.61 Å². The Balaban J connectivity index is 2.03. The van der Waals surface area contributed by atoms with Crippen LogP contribution in [0.25, 0.3) is 0 Å². The van der Waals surface area contributed by atoms with E-state index in [1.54, 1.807) is 24.3 Å². The number of aliphatic hydroxyl groups is 1. The topological polar surface area (TPSA) is 43.8 Å². The van der Waals surface area contributed by atoms with E-state index in [9.17, 15) is 4.79 Å². The zero-order chi connectivity index (χ0) is 12.3. The molecule has 1 amide bonds. The van der Waals surface area contributed by atoms with Crippen LogP contribution in [0.1, 0.15) is 15.9 Å². The van der Waals surface area contributed by atoms with E-state index in [1.165, 1.54) is 0 Å². The molecule has 1 saturated heterocycles. The zero-order valence-electron chi connectivity index (χ0n) is 10.1. The Labute approximate surface area is 101 Å². The highest BCUT2D eigenvalue weighted by Crippen LogP contribution is 2.09. The van der Waals surface area contributed by atoms with Crippen molar-refractivity contribution in [3.63, 3.8) is 0 Å². The molecule has 1 heterocycles. The minimum Gasteiger partial charge on any atom is -0.392 e. The van der Waals surface area contributed by atoms with E-state index >= 15 is 0 Å². The molecule has 4 nitrogen and oxygen atoms in total. The molecule has 0 spiro atoms. The predicted molar refractivity (Wildman–Crippen MR) is 65.8 cm³/mol. The normalized spacial score (nSPS) is 17.2. The van der Waals surface area contributed by atoms with Crippen LogP contribution in [0.4, 0.5) is 0 Å². The molecule has 1 fully saturated rings. The smallest absolute Gasteiger partial charge is 0.253 e. The summed E-state index contributed by atoms with van der Waals surface area (Å²) in [5.41, 5.74) is 1.53. The lowest BCUT2D eigenvalue weighted by Crippen LogP contribution is -2.47. The third-order valence-corrected chi connectivity index (χ3v) is 3.17. The van der Waals surface area contributed by atoms with Gasteiger partial charge in [0, 0.05) is 31.7 Å². The maximum absolute atomic E-state index is 12.2. The van der Waals surface area contributed by atoms with E-state index in [4.69, 9.17) is 5.11 Å². The van der Waals surface area contributed by atoms with Gasteiger partial charge in [-0.25, -0.2) is 0 Å². The minimum atomic E-state index is 0.0168. The van der Waals surface area contributed by atoms with Crippen molar-refractivity contribution in [2.75, 3.05) is 33.2 Å². The Hall–Kier alpha value is -1.39. The number of piperazine rings is 1. The summed E-state index contributed by atoms with van der Waals surface area (Å²) in [6, 6.07) is 7.16. The monoisotopic (exact) mass is 234 g/mol. The highest BCUT2D eigenvalue weighted by atomic mass is 16.3. The highest BCUT2D eigenvalue weighted by Gasteiger charge is 2.19. The largest absolute Gasteiger partial charge is 0.392 e. The van der Waals surface area contributed by atoms with Gasteiger partial charge in [0.15, 0.2) is 0 Å². The van der Waals surface area contributed by atoms with Crippen molar-refractivity contribution in [2.45, 2.75) is 6.61 Å². The first-order valence-corrected chi connectivity index (χ1v) is 5.88. The van der Waals surface area contributed by atoms with Crippen LogP contribution in [0.2, 0.25) is 0 Å². The van der Waals surface area contributed by atoms with Gasteiger partial charge in [0.25, 0.3) is 5.91 Å². The SMILES string of the molecule is CN1CCN(C(=O)c2ccc(CO)cc2)CC1. The fourth-order valence-electron chi connectivity index (χ4n) is 1.94. The molecule has 2 rings (SSSR count). The molecule has 0 unspecified atom stereocenters. The summed E-state index contributed by atoms with van der Waals surface area (Å²) in [7, 11) is 2.07. The molecule has 0 atom stereocenters. The number of carbonyl (C=O) groups is 1. The molecule has 1 aliphatic rings. The average molecular weight is 234 g/mol. The fourth-order valence-corrected chi connectivity index (χ4v) is 1.94. The average Bonchev–Trinajstić information content (AvgIpc) is 2.39. The highest BCUT2D eigenvalue weighted by molar-refractivity contribution is 5.94. The molecule has 1 aliphatic heterocycles. The second-order valence-corrected chi connectivity index (χ2v) is 4.45. The lowest BCUT2D eigenvalue weighted by atomic mass is 10.1. The number of rotatable bonds is 2. The molecule has 0 bridgehead atoms. The lowest BCUT2D eigenvalue weighted by molar-refractivity contribution is 0.0664. The third kappa shape index (κ3) is 2.84. The molecule has 1 aromatic rings. The summed E-state index contributed by atoms with van der Waals surface area (Å²) < 4.78 is 0. The van der Waals surface area contributed by atoms with Crippen LogP contribution < -0.4 is 0 Å². The zero-order valence-corrected chi connectivity index (χ0v) is 10.1. The quantitative estimate of drug-likeness (QED) is 0.813. The fraction of sp³-hybridized carbons (Fsp3) is 0.462. The van der Waals surface area contributed by atoms with Gasteiger partial charge < -0.3 is 14.9 Å². The van der Waals surface area contributed by atoms with E-state index in [2.05, 4.69) is 11.9 Å². The van der Waals surface area contributed by atoms with Gasteiger partial charge in [-0.15, -0.1) is 0 Å². The van der Waals surface area contributed by atoms with Gasteiger partial charge in [0.2, 0.25) is 0 Å².